The summed E-state index contributed by atoms with van der Waals surface area (Å²) in [6.45, 7) is 4.31. The van der Waals surface area contributed by atoms with Gasteiger partial charge in [0.25, 0.3) is 0 Å². The average Bonchev–Trinajstić information content (AvgIpc) is 2.49. The second-order valence-electron chi connectivity index (χ2n) is 3.97. The van der Waals surface area contributed by atoms with Crippen molar-refractivity contribution in [1.29, 1.82) is 0 Å². The molecule has 2 atom stereocenters. The molecule has 2 aliphatic rings. The van der Waals surface area contributed by atoms with Crippen LogP contribution in [0.2, 0.25) is 0 Å². The van der Waals surface area contributed by atoms with Gasteiger partial charge in [0.15, 0.2) is 0 Å². The predicted molar refractivity (Wildman–Crippen MR) is 53.2 cm³/mol. The maximum Gasteiger partial charge on any atom is 0.112 e. The van der Waals surface area contributed by atoms with Gasteiger partial charge in [-0.3, -0.25) is 0 Å². The monoisotopic (exact) mass is 177 g/mol. The van der Waals surface area contributed by atoms with E-state index in [9.17, 15) is 5.11 Å². The summed E-state index contributed by atoms with van der Waals surface area (Å²) in [6, 6.07) is 0.371. The second kappa shape index (κ2) is 2.95. The first-order chi connectivity index (χ1) is 6.18. The predicted octanol–water partition coefficient (Wildman–Crippen LogP) is 2.13. The first-order valence-corrected chi connectivity index (χ1v) is 4.73. The Kier molecular flexibility index (Phi) is 1.91. The van der Waals surface area contributed by atoms with Gasteiger partial charge in [0.05, 0.1) is 6.04 Å². The molecule has 0 amide bonds. The van der Waals surface area contributed by atoms with Crippen molar-refractivity contribution < 1.29 is 5.11 Å². The zero-order chi connectivity index (χ0) is 9.42. The third kappa shape index (κ3) is 1.37. The zero-order valence-electron chi connectivity index (χ0n) is 7.99. The molecule has 0 aromatic carbocycles. The van der Waals surface area contributed by atoms with E-state index < -0.39 is 0 Å². The number of aliphatic hydroxyl groups is 1. The number of aliphatic hydroxyl groups excluding tert-OH is 1. The van der Waals surface area contributed by atoms with E-state index in [0.29, 0.717) is 23.6 Å². The molecular weight excluding hydrogens is 162 g/mol. The van der Waals surface area contributed by atoms with Gasteiger partial charge >= 0.3 is 0 Å². The first-order valence-electron chi connectivity index (χ1n) is 4.73. The van der Waals surface area contributed by atoms with Crippen LogP contribution in [0.25, 0.3) is 0 Å². The molecular formula is C11H15NO. The summed E-state index contributed by atoms with van der Waals surface area (Å²) in [5.41, 5.74) is 1.29. The van der Waals surface area contributed by atoms with E-state index in [0.717, 1.165) is 0 Å². The van der Waals surface area contributed by atoms with Crippen LogP contribution >= 0.6 is 0 Å². The van der Waals surface area contributed by atoms with Gasteiger partial charge in [-0.25, -0.2) is 0 Å². The minimum Gasteiger partial charge on any atom is -0.508 e. The standard InChI is InChI=1S/C11H15NO/c1-7(2)10-6-9(13)5-8-3-4-12-11(8)10/h3-8,11-13H,1-2H3. The van der Waals surface area contributed by atoms with Crippen molar-refractivity contribution in [2.24, 2.45) is 11.8 Å². The van der Waals surface area contributed by atoms with Crippen LogP contribution in [-0.4, -0.2) is 11.1 Å². The lowest BCUT2D eigenvalue weighted by atomic mass is 9.84. The van der Waals surface area contributed by atoms with Gasteiger partial charge in [-0.05, 0) is 29.8 Å². The van der Waals surface area contributed by atoms with Gasteiger partial charge in [0.1, 0.15) is 5.76 Å². The van der Waals surface area contributed by atoms with Crippen molar-refractivity contribution in [3.63, 3.8) is 0 Å². The third-order valence-electron chi connectivity index (χ3n) is 2.68. The topological polar surface area (TPSA) is 32.3 Å². The molecule has 1 aliphatic heterocycles. The average molecular weight is 177 g/mol. The first kappa shape index (κ1) is 8.42. The van der Waals surface area contributed by atoms with Crippen LogP contribution in [-0.2, 0) is 0 Å². The highest BCUT2D eigenvalue weighted by atomic mass is 16.3. The van der Waals surface area contributed by atoms with Gasteiger partial charge in [0, 0.05) is 5.92 Å². The Morgan fingerprint density at radius 2 is 2.23 bits per heavy atom. The van der Waals surface area contributed by atoms with E-state index in [1.165, 1.54) is 5.57 Å². The smallest absolute Gasteiger partial charge is 0.112 e. The van der Waals surface area contributed by atoms with Crippen molar-refractivity contribution in [2.75, 3.05) is 0 Å². The normalized spacial score (nSPS) is 31.0. The summed E-state index contributed by atoms with van der Waals surface area (Å²) < 4.78 is 0. The van der Waals surface area contributed by atoms with Gasteiger partial charge in [-0.15, -0.1) is 0 Å². The summed E-state index contributed by atoms with van der Waals surface area (Å²) >= 11 is 0. The van der Waals surface area contributed by atoms with Crippen LogP contribution in [0.3, 0.4) is 0 Å². The van der Waals surface area contributed by atoms with Crippen molar-refractivity contribution >= 4 is 0 Å². The molecule has 0 fully saturated rings. The molecule has 2 heteroatoms. The van der Waals surface area contributed by atoms with Crippen LogP contribution in [0.4, 0.5) is 0 Å². The Balaban J connectivity index is 2.31. The molecule has 2 unspecified atom stereocenters. The Morgan fingerprint density at radius 1 is 1.46 bits per heavy atom. The molecule has 0 saturated heterocycles. The molecule has 0 aromatic rings. The molecule has 0 aromatic heterocycles. The van der Waals surface area contributed by atoms with E-state index in [4.69, 9.17) is 0 Å². The highest BCUT2D eigenvalue weighted by Gasteiger charge is 2.29. The van der Waals surface area contributed by atoms with Crippen molar-refractivity contribution in [1.82, 2.24) is 5.32 Å². The fourth-order valence-electron chi connectivity index (χ4n) is 1.99. The molecule has 0 spiro atoms. The van der Waals surface area contributed by atoms with Crippen LogP contribution in [0.1, 0.15) is 13.8 Å². The Morgan fingerprint density at radius 3 is 2.92 bits per heavy atom. The van der Waals surface area contributed by atoms with E-state index in [2.05, 4.69) is 25.2 Å². The minimum atomic E-state index is 0.336. The number of rotatable bonds is 1. The van der Waals surface area contributed by atoms with Crippen LogP contribution in [0.5, 0.6) is 0 Å². The van der Waals surface area contributed by atoms with Crippen LogP contribution in [0, 0.1) is 11.8 Å². The summed E-state index contributed by atoms with van der Waals surface area (Å²) in [5.74, 6) is 1.22. The second-order valence-corrected chi connectivity index (χ2v) is 3.97. The number of allylic oxidation sites excluding steroid dienone is 1. The Hall–Kier alpha value is -1.18. The van der Waals surface area contributed by atoms with E-state index >= 15 is 0 Å². The molecule has 2 N–H and O–H groups in total. The maximum atomic E-state index is 9.50. The number of hydrogen-bond acceptors (Lipinski definition) is 2. The molecule has 2 nitrogen and oxygen atoms in total. The molecule has 2 rings (SSSR count). The molecule has 70 valence electrons. The Bertz CT molecular complexity index is 299. The molecule has 1 aliphatic carbocycles. The highest BCUT2D eigenvalue weighted by molar-refractivity contribution is 5.35. The summed E-state index contributed by atoms with van der Waals surface area (Å²) in [5, 5.41) is 12.8. The number of fused-ring (bicyclic) bond motifs is 1. The lowest BCUT2D eigenvalue weighted by Crippen LogP contribution is -2.32. The third-order valence-corrected chi connectivity index (χ3v) is 2.68. The van der Waals surface area contributed by atoms with Crippen molar-refractivity contribution in [2.45, 2.75) is 19.9 Å². The molecule has 0 saturated carbocycles. The highest BCUT2D eigenvalue weighted by Crippen LogP contribution is 2.30. The summed E-state index contributed by atoms with van der Waals surface area (Å²) in [7, 11) is 0. The van der Waals surface area contributed by atoms with Gasteiger partial charge in [-0.2, -0.15) is 0 Å². The quantitative estimate of drug-likeness (QED) is 0.643. The molecule has 1 heterocycles. The summed E-state index contributed by atoms with van der Waals surface area (Å²) in [4.78, 5) is 0. The summed E-state index contributed by atoms with van der Waals surface area (Å²) in [6.07, 6.45) is 7.84. The zero-order valence-corrected chi connectivity index (χ0v) is 7.99. The van der Waals surface area contributed by atoms with E-state index in [-0.39, 0.29) is 0 Å². The van der Waals surface area contributed by atoms with Gasteiger partial charge in [0.2, 0.25) is 0 Å². The largest absolute Gasteiger partial charge is 0.508 e. The SMILES string of the molecule is CC(C)C1=CC(O)=CC2C=CNC12. The molecule has 13 heavy (non-hydrogen) atoms. The van der Waals surface area contributed by atoms with Gasteiger partial charge in [-0.1, -0.05) is 19.9 Å². The van der Waals surface area contributed by atoms with Crippen molar-refractivity contribution in [3.05, 3.63) is 35.8 Å². The van der Waals surface area contributed by atoms with E-state index in [1.807, 2.05) is 18.4 Å². The van der Waals surface area contributed by atoms with Gasteiger partial charge < -0.3 is 10.4 Å². The minimum absolute atomic E-state index is 0.336. The number of nitrogens with one attached hydrogen (secondary N) is 1. The van der Waals surface area contributed by atoms with Crippen LogP contribution < -0.4 is 5.32 Å². The maximum absolute atomic E-state index is 9.50. The molecule has 0 bridgehead atoms. The van der Waals surface area contributed by atoms with Crippen LogP contribution in [0.15, 0.2) is 35.8 Å². The molecule has 0 radical (unpaired) electrons. The fraction of sp³-hybridized carbons (Fsp3) is 0.455. The van der Waals surface area contributed by atoms with E-state index in [1.54, 1.807) is 0 Å². The fourth-order valence-corrected chi connectivity index (χ4v) is 1.99. The van der Waals surface area contributed by atoms with Crippen molar-refractivity contribution in [3.8, 4) is 0 Å². The Labute approximate surface area is 78.7 Å². The lowest BCUT2D eigenvalue weighted by Gasteiger charge is -2.27. The lowest BCUT2D eigenvalue weighted by molar-refractivity contribution is 0.408. The number of hydrogen-bond donors (Lipinski definition) is 2.